The second-order valence-corrected chi connectivity index (χ2v) is 3.64. The van der Waals surface area contributed by atoms with E-state index in [0.717, 1.165) is 11.3 Å². The minimum absolute atomic E-state index is 0.137. The maximum atomic E-state index is 10.8. The Balaban J connectivity index is 2.52. The van der Waals surface area contributed by atoms with Gasteiger partial charge in [-0.25, -0.2) is 9.78 Å². The molecule has 0 saturated heterocycles. The number of nitrogens with two attached hydrogens (primary N) is 1. The summed E-state index contributed by atoms with van der Waals surface area (Å²) in [7, 11) is 0. The van der Waals surface area contributed by atoms with Crippen molar-refractivity contribution in [3.63, 3.8) is 0 Å². The van der Waals surface area contributed by atoms with Gasteiger partial charge in [-0.1, -0.05) is 6.07 Å². The number of aromatic carboxylic acids is 1. The Kier molecular flexibility index (Phi) is 2.74. The van der Waals surface area contributed by atoms with Crippen LogP contribution in [0.1, 0.15) is 16.1 Å². The van der Waals surface area contributed by atoms with Crippen molar-refractivity contribution in [3.05, 3.63) is 41.9 Å². The molecule has 0 spiro atoms. The molecule has 86 valence electrons. The Bertz CT molecular complexity index is 582. The number of pyridine rings is 2. The van der Waals surface area contributed by atoms with Crippen molar-refractivity contribution >= 4 is 11.7 Å². The largest absolute Gasteiger partial charge is 0.476 e. The molecular formula is C12H11N3O2. The van der Waals surface area contributed by atoms with Crippen molar-refractivity contribution in [2.24, 2.45) is 0 Å². The van der Waals surface area contributed by atoms with Crippen molar-refractivity contribution in [1.82, 2.24) is 9.97 Å². The molecule has 0 bridgehead atoms. The molecule has 2 aromatic heterocycles. The highest BCUT2D eigenvalue weighted by molar-refractivity contribution is 5.92. The number of anilines is 1. The Hall–Kier alpha value is -2.43. The highest BCUT2D eigenvalue weighted by atomic mass is 16.4. The third kappa shape index (κ3) is 2.08. The van der Waals surface area contributed by atoms with E-state index in [1.54, 1.807) is 12.3 Å². The summed E-state index contributed by atoms with van der Waals surface area (Å²) >= 11 is 0. The van der Waals surface area contributed by atoms with Gasteiger partial charge in [0.15, 0.2) is 5.69 Å². The van der Waals surface area contributed by atoms with Crippen LogP contribution in [-0.4, -0.2) is 21.0 Å². The zero-order valence-corrected chi connectivity index (χ0v) is 9.21. The first-order chi connectivity index (χ1) is 8.09. The lowest BCUT2D eigenvalue weighted by atomic mass is 10.1. The Labute approximate surface area is 98.0 Å². The molecule has 0 radical (unpaired) electrons. The van der Waals surface area contributed by atoms with Crippen LogP contribution in [0.4, 0.5) is 5.69 Å². The van der Waals surface area contributed by atoms with Crippen LogP contribution >= 0.6 is 0 Å². The number of carboxylic acids is 1. The minimum Gasteiger partial charge on any atom is -0.476 e. The third-order valence-electron chi connectivity index (χ3n) is 2.40. The molecule has 0 saturated carbocycles. The van der Waals surface area contributed by atoms with E-state index in [2.05, 4.69) is 9.97 Å². The molecule has 0 aromatic carbocycles. The molecule has 0 amide bonds. The average Bonchev–Trinajstić information content (AvgIpc) is 2.29. The quantitative estimate of drug-likeness (QED) is 0.818. The first-order valence-electron chi connectivity index (χ1n) is 5.00. The fraction of sp³-hybridized carbons (Fsp3) is 0.0833. The lowest BCUT2D eigenvalue weighted by Gasteiger charge is -2.06. The Morgan fingerprint density at radius 2 is 2.18 bits per heavy atom. The second-order valence-electron chi connectivity index (χ2n) is 3.64. The fourth-order valence-electron chi connectivity index (χ4n) is 1.58. The lowest BCUT2D eigenvalue weighted by molar-refractivity contribution is 0.0692. The van der Waals surface area contributed by atoms with Gasteiger partial charge in [-0.2, -0.15) is 0 Å². The van der Waals surface area contributed by atoms with E-state index in [9.17, 15) is 4.79 Å². The van der Waals surface area contributed by atoms with Crippen LogP contribution in [0.3, 0.4) is 0 Å². The molecule has 3 N–H and O–H groups in total. The number of hydrogen-bond donors (Lipinski definition) is 2. The van der Waals surface area contributed by atoms with Crippen LogP contribution < -0.4 is 5.73 Å². The molecule has 5 heteroatoms. The summed E-state index contributed by atoms with van der Waals surface area (Å²) in [6.07, 6.45) is 3.14. The predicted octanol–water partition coefficient (Wildman–Crippen LogP) is 1.73. The molecule has 0 aliphatic carbocycles. The predicted molar refractivity (Wildman–Crippen MR) is 63.6 cm³/mol. The number of hydrogen-bond acceptors (Lipinski definition) is 4. The summed E-state index contributed by atoms with van der Waals surface area (Å²) in [5.74, 6) is -1.13. The maximum absolute atomic E-state index is 10.8. The van der Waals surface area contributed by atoms with Crippen LogP contribution in [-0.2, 0) is 0 Å². The summed E-state index contributed by atoms with van der Waals surface area (Å²) in [4.78, 5) is 18.8. The van der Waals surface area contributed by atoms with Crippen molar-refractivity contribution < 1.29 is 9.90 Å². The van der Waals surface area contributed by atoms with Gasteiger partial charge in [0.1, 0.15) is 0 Å². The molecule has 2 rings (SSSR count). The summed E-state index contributed by atoms with van der Waals surface area (Å²) in [6.45, 7) is 1.92. The van der Waals surface area contributed by atoms with Crippen molar-refractivity contribution in [2.45, 2.75) is 6.92 Å². The number of rotatable bonds is 2. The van der Waals surface area contributed by atoms with E-state index < -0.39 is 5.97 Å². The van der Waals surface area contributed by atoms with E-state index in [1.165, 1.54) is 6.20 Å². The van der Waals surface area contributed by atoms with Crippen LogP contribution in [0.25, 0.3) is 11.3 Å². The highest BCUT2D eigenvalue weighted by Crippen LogP contribution is 2.22. The van der Waals surface area contributed by atoms with E-state index in [1.807, 2.05) is 19.1 Å². The highest BCUT2D eigenvalue weighted by Gasteiger charge is 2.11. The molecule has 2 aromatic rings. The number of carbonyl (C=O) groups is 1. The summed E-state index contributed by atoms with van der Waals surface area (Å²) < 4.78 is 0. The van der Waals surface area contributed by atoms with Gasteiger partial charge < -0.3 is 10.8 Å². The summed E-state index contributed by atoms with van der Waals surface area (Å²) in [5, 5.41) is 8.82. The molecule has 5 nitrogen and oxygen atoms in total. The lowest BCUT2D eigenvalue weighted by Crippen LogP contribution is -2.05. The molecule has 17 heavy (non-hydrogen) atoms. The van der Waals surface area contributed by atoms with Gasteiger partial charge in [0.25, 0.3) is 0 Å². The summed E-state index contributed by atoms with van der Waals surface area (Å²) in [6, 6.07) is 5.33. The number of nitrogens with zero attached hydrogens (tertiary/aromatic N) is 2. The van der Waals surface area contributed by atoms with Crippen molar-refractivity contribution in [3.8, 4) is 11.3 Å². The van der Waals surface area contributed by atoms with Gasteiger partial charge in [-0.15, -0.1) is 0 Å². The van der Waals surface area contributed by atoms with Gasteiger partial charge in [0, 0.05) is 18.0 Å². The Morgan fingerprint density at radius 3 is 2.76 bits per heavy atom. The topological polar surface area (TPSA) is 89.1 Å². The smallest absolute Gasteiger partial charge is 0.356 e. The van der Waals surface area contributed by atoms with E-state index in [-0.39, 0.29) is 11.4 Å². The number of aromatic nitrogens is 2. The number of aryl methyl sites for hydroxylation is 1. The number of carboxylic acid groups (broad SMARTS) is 1. The molecule has 0 atom stereocenters. The Morgan fingerprint density at radius 1 is 1.41 bits per heavy atom. The van der Waals surface area contributed by atoms with Gasteiger partial charge in [-0.05, 0) is 24.6 Å². The zero-order valence-electron chi connectivity index (χ0n) is 9.21. The van der Waals surface area contributed by atoms with Crippen LogP contribution in [0, 0.1) is 6.92 Å². The SMILES string of the molecule is Cc1cccnc1-c1cnc(C(=O)O)c(N)c1. The second kappa shape index (κ2) is 4.21. The first kappa shape index (κ1) is 11.1. The molecule has 0 unspecified atom stereocenters. The van der Waals surface area contributed by atoms with Gasteiger partial charge in [-0.3, -0.25) is 4.98 Å². The van der Waals surface area contributed by atoms with Gasteiger partial charge >= 0.3 is 5.97 Å². The van der Waals surface area contributed by atoms with Crippen LogP contribution in [0.5, 0.6) is 0 Å². The third-order valence-corrected chi connectivity index (χ3v) is 2.40. The van der Waals surface area contributed by atoms with Gasteiger partial charge in [0.05, 0.1) is 11.4 Å². The van der Waals surface area contributed by atoms with E-state index >= 15 is 0 Å². The zero-order chi connectivity index (χ0) is 12.4. The molecule has 0 aliphatic rings. The molecule has 0 fully saturated rings. The van der Waals surface area contributed by atoms with E-state index in [0.29, 0.717) is 5.56 Å². The van der Waals surface area contributed by atoms with Crippen LogP contribution in [0.2, 0.25) is 0 Å². The van der Waals surface area contributed by atoms with E-state index in [4.69, 9.17) is 10.8 Å². The monoisotopic (exact) mass is 229 g/mol. The minimum atomic E-state index is -1.13. The number of nitrogen functional groups attached to an aromatic ring is 1. The molecular weight excluding hydrogens is 218 g/mol. The first-order valence-corrected chi connectivity index (χ1v) is 5.00. The fourth-order valence-corrected chi connectivity index (χ4v) is 1.58. The molecule has 2 heterocycles. The normalized spacial score (nSPS) is 10.2. The maximum Gasteiger partial charge on any atom is 0.356 e. The average molecular weight is 229 g/mol. The summed E-state index contributed by atoms with van der Waals surface area (Å²) in [5.41, 5.74) is 8.09. The van der Waals surface area contributed by atoms with Crippen molar-refractivity contribution in [2.75, 3.05) is 5.73 Å². The standard InChI is InChI=1S/C12H11N3O2/c1-7-3-2-4-14-10(7)8-5-9(13)11(12(16)17)15-6-8/h2-6H,13H2,1H3,(H,16,17). The molecule has 0 aliphatic heterocycles. The van der Waals surface area contributed by atoms with Crippen LogP contribution in [0.15, 0.2) is 30.6 Å². The van der Waals surface area contributed by atoms with Crippen molar-refractivity contribution in [1.29, 1.82) is 0 Å². The van der Waals surface area contributed by atoms with Gasteiger partial charge in [0.2, 0.25) is 0 Å².